The van der Waals surface area contributed by atoms with Gasteiger partial charge in [-0.15, -0.1) is 0 Å². The summed E-state index contributed by atoms with van der Waals surface area (Å²) in [4.78, 5) is 34.5. The van der Waals surface area contributed by atoms with Gasteiger partial charge in [-0.2, -0.15) is 0 Å². The molecule has 3 aromatic rings. The van der Waals surface area contributed by atoms with Crippen LogP contribution in [0.25, 0.3) is 0 Å². The van der Waals surface area contributed by atoms with Crippen LogP contribution in [-0.4, -0.2) is 17.9 Å². The molecular formula is C24H19ClN2O3. The minimum absolute atomic E-state index is 0.285. The standard InChI is InChI=1S/C24H19ClN2O3/c1-24-20(16-8-4-2-5-9-16)27(19-10-6-3-7-11-19)30-21(24)22(28)26(23(24)29)18-14-12-17(25)13-15-18/h2-15,20-21H,1H3/t20-,21+,24-/m0/s1. The van der Waals surface area contributed by atoms with E-state index in [1.807, 2.05) is 67.6 Å². The summed E-state index contributed by atoms with van der Waals surface area (Å²) in [5, 5.41) is 2.24. The topological polar surface area (TPSA) is 49.9 Å². The van der Waals surface area contributed by atoms with Gasteiger partial charge in [0.1, 0.15) is 5.41 Å². The lowest BCUT2D eigenvalue weighted by Gasteiger charge is -2.32. The van der Waals surface area contributed by atoms with Crippen LogP contribution in [0.15, 0.2) is 84.9 Å². The third kappa shape index (κ3) is 2.66. The van der Waals surface area contributed by atoms with Gasteiger partial charge >= 0.3 is 0 Å². The Labute approximate surface area is 179 Å². The molecule has 0 saturated carbocycles. The fraction of sp³-hybridized carbons (Fsp3) is 0.167. The molecule has 5 nitrogen and oxygen atoms in total. The zero-order valence-electron chi connectivity index (χ0n) is 16.2. The van der Waals surface area contributed by atoms with Gasteiger partial charge in [0.15, 0.2) is 6.10 Å². The molecule has 0 spiro atoms. The van der Waals surface area contributed by atoms with Gasteiger partial charge in [0, 0.05) is 5.02 Å². The number of hydrogen-bond donors (Lipinski definition) is 0. The first-order valence-electron chi connectivity index (χ1n) is 9.72. The van der Waals surface area contributed by atoms with Crippen LogP contribution in [0, 0.1) is 5.41 Å². The van der Waals surface area contributed by atoms with Crippen LogP contribution in [0.2, 0.25) is 5.02 Å². The summed E-state index contributed by atoms with van der Waals surface area (Å²) < 4.78 is 0. The van der Waals surface area contributed by atoms with Gasteiger partial charge in [-0.25, -0.2) is 9.96 Å². The molecule has 150 valence electrons. The van der Waals surface area contributed by atoms with Crippen molar-refractivity contribution in [2.24, 2.45) is 5.41 Å². The van der Waals surface area contributed by atoms with Crippen LogP contribution in [0.1, 0.15) is 18.5 Å². The third-order valence-corrected chi connectivity index (χ3v) is 6.14. The van der Waals surface area contributed by atoms with Gasteiger partial charge in [0.25, 0.3) is 5.91 Å². The molecule has 0 bridgehead atoms. The number of halogens is 1. The number of hydrogen-bond acceptors (Lipinski definition) is 4. The van der Waals surface area contributed by atoms with Crippen LogP contribution < -0.4 is 9.96 Å². The van der Waals surface area contributed by atoms with Crippen LogP contribution in [0.5, 0.6) is 0 Å². The molecule has 0 unspecified atom stereocenters. The molecule has 2 amide bonds. The Morgan fingerprint density at radius 3 is 2.07 bits per heavy atom. The van der Waals surface area contributed by atoms with Crippen molar-refractivity contribution in [1.82, 2.24) is 0 Å². The summed E-state index contributed by atoms with van der Waals surface area (Å²) in [6.07, 6.45) is -0.925. The first-order valence-corrected chi connectivity index (χ1v) is 10.1. The average Bonchev–Trinajstić information content (AvgIpc) is 3.19. The minimum atomic E-state index is -1.09. The van der Waals surface area contributed by atoms with Crippen molar-refractivity contribution in [1.29, 1.82) is 0 Å². The number of carbonyl (C=O) groups excluding carboxylic acids is 2. The lowest BCUT2D eigenvalue weighted by atomic mass is 9.76. The van der Waals surface area contributed by atoms with Crippen molar-refractivity contribution in [3.05, 3.63) is 95.5 Å². The summed E-state index contributed by atoms with van der Waals surface area (Å²) in [6, 6.07) is 25.5. The highest BCUT2D eigenvalue weighted by Gasteiger charge is 2.68. The highest BCUT2D eigenvalue weighted by molar-refractivity contribution is 6.31. The van der Waals surface area contributed by atoms with Crippen molar-refractivity contribution in [2.75, 3.05) is 9.96 Å². The van der Waals surface area contributed by atoms with Crippen LogP contribution in [-0.2, 0) is 14.4 Å². The number of imide groups is 1. The smallest absolute Gasteiger partial charge is 0.266 e. The molecule has 3 aromatic carbocycles. The molecule has 2 heterocycles. The number of benzene rings is 3. The van der Waals surface area contributed by atoms with E-state index in [2.05, 4.69) is 0 Å². The molecule has 0 aromatic heterocycles. The molecule has 3 atom stereocenters. The highest BCUT2D eigenvalue weighted by Crippen LogP contribution is 2.55. The number of fused-ring (bicyclic) bond motifs is 1. The summed E-state index contributed by atoms with van der Waals surface area (Å²) in [7, 11) is 0. The normalized spacial score (nSPS) is 25.7. The molecular weight excluding hydrogens is 400 g/mol. The predicted octanol–water partition coefficient (Wildman–Crippen LogP) is 4.78. The molecule has 0 radical (unpaired) electrons. The number of hydroxylamine groups is 1. The predicted molar refractivity (Wildman–Crippen MR) is 115 cm³/mol. The molecule has 6 heteroatoms. The summed E-state index contributed by atoms with van der Waals surface area (Å²) in [5.41, 5.74) is 1.10. The minimum Gasteiger partial charge on any atom is -0.273 e. The molecule has 2 saturated heterocycles. The molecule has 2 fully saturated rings. The Bertz CT molecular complexity index is 1100. The van der Waals surface area contributed by atoms with Gasteiger partial charge < -0.3 is 0 Å². The maximum Gasteiger partial charge on any atom is 0.266 e. The Morgan fingerprint density at radius 2 is 1.43 bits per heavy atom. The van der Waals surface area contributed by atoms with E-state index in [0.29, 0.717) is 10.7 Å². The molecule has 0 aliphatic carbocycles. The molecule has 30 heavy (non-hydrogen) atoms. The Kier molecular flexibility index (Phi) is 4.38. The zero-order valence-corrected chi connectivity index (χ0v) is 17.0. The van der Waals surface area contributed by atoms with Gasteiger partial charge in [0.05, 0.1) is 17.4 Å². The first kappa shape index (κ1) is 18.9. The molecule has 0 N–H and O–H groups in total. The summed E-state index contributed by atoms with van der Waals surface area (Å²) in [6.45, 7) is 1.81. The number of para-hydroxylation sites is 1. The SMILES string of the molecule is C[C@@]12C(=O)N(c3ccc(Cl)cc3)C(=O)[C@H]1ON(c1ccccc1)[C@H]2c1ccccc1. The van der Waals surface area contributed by atoms with Crippen molar-refractivity contribution < 1.29 is 14.4 Å². The van der Waals surface area contributed by atoms with Crippen LogP contribution in [0.3, 0.4) is 0 Å². The second-order valence-corrected chi connectivity index (χ2v) is 8.13. The van der Waals surface area contributed by atoms with Crippen LogP contribution in [0.4, 0.5) is 11.4 Å². The second-order valence-electron chi connectivity index (χ2n) is 7.70. The third-order valence-electron chi connectivity index (χ3n) is 5.89. The van der Waals surface area contributed by atoms with E-state index in [1.54, 1.807) is 29.3 Å². The lowest BCUT2D eigenvalue weighted by molar-refractivity contribution is -0.128. The van der Waals surface area contributed by atoms with E-state index < -0.39 is 17.6 Å². The van der Waals surface area contributed by atoms with E-state index in [0.717, 1.165) is 11.3 Å². The molecule has 5 rings (SSSR count). The quantitative estimate of drug-likeness (QED) is 0.574. The zero-order chi connectivity index (χ0) is 20.9. The van der Waals surface area contributed by atoms with Gasteiger partial charge in [-0.3, -0.25) is 14.4 Å². The maximum atomic E-state index is 13.7. The van der Waals surface area contributed by atoms with Crippen molar-refractivity contribution >= 4 is 34.8 Å². The van der Waals surface area contributed by atoms with E-state index in [-0.39, 0.29) is 11.8 Å². The van der Waals surface area contributed by atoms with Crippen molar-refractivity contribution in [3.8, 4) is 0 Å². The second kappa shape index (κ2) is 6.97. The van der Waals surface area contributed by atoms with Crippen molar-refractivity contribution in [2.45, 2.75) is 19.1 Å². The Morgan fingerprint density at radius 1 is 0.833 bits per heavy atom. The van der Waals surface area contributed by atoms with E-state index in [9.17, 15) is 9.59 Å². The number of nitrogens with zero attached hydrogens (tertiary/aromatic N) is 2. The van der Waals surface area contributed by atoms with E-state index in [4.69, 9.17) is 16.4 Å². The summed E-state index contributed by atoms with van der Waals surface area (Å²) in [5.74, 6) is -0.656. The van der Waals surface area contributed by atoms with Crippen molar-refractivity contribution in [3.63, 3.8) is 0 Å². The van der Waals surface area contributed by atoms with Crippen LogP contribution >= 0.6 is 11.6 Å². The maximum absolute atomic E-state index is 13.7. The number of rotatable bonds is 3. The monoisotopic (exact) mass is 418 g/mol. The Hall–Kier alpha value is -3.15. The van der Waals surface area contributed by atoms with Gasteiger partial charge in [0.2, 0.25) is 5.91 Å². The fourth-order valence-corrected chi connectivity index (χ4v) is 4.52. The molecule has 2 aliphatic heterocycles. The number of amides is 2. The number of carbonyl (C=O) groups is 2. The molecule has 2 aliphatic rings. The van der Waals surface area contributed by atoms with Gasteiger partial charge in [-0.1, -0.05) is 60.1 Å². The lowest BCUT2D eigenvalue weighted by Crippen LogP contribution is -2.41. The highest BCUT2D eigenvalue weighted by atomic mass is 35.5. The summed E-state index contributed by atoms with van der Waals surface area (Å²) >= 11 is 5.98. The fourth-order valence-electron chi connectivity index (χ4n) is 4.40. The largest absolute Gasteiger partial charge is 0.273 e. The van der Waals surface area contributed by atoms with E-state index in [1.165, 1.54) is 4.90 Å². The Balaban J connectivity index is 1.63. The average molecular weight is 419 g/mol. The first-order chi connectivity index (χ1) is 14.5. The van der Waals surface area contributed by atoms with E-state index >= 15 is 0 Å². The van der Waals surface area contributed by atoms with Gasteiger partial charge in [-0.05, 0) is 48.9 Å². The number of anilines is 2.